The van der Waals surface area contributed by atoms with Crippen molar-refractivity contribution in [3.8, 4) is 0 Å². The van der Waals surface area contributed by atoms with Gasteiger partial charge in [-0.05, 0) is 32.6 Å². The monoisotopic (exact) mass is 168 g/mol. The van der Waals surface area contributed by atoms with Gasteiger partial charge in [0, 0.05) is 18.6 Å². The number of carbonyl (C=O) groups is 1. The lowest BCUT2D eigenvalue weighted by Gasteiger charge is -2.40. The summed E-state index contributed by atoms with van der Waals surface area (Å²) in [5.41, 5.74) is 0. The molecule has 2 amide bonds. The SMILES string of the molecule is CC1CCN1C(=O)NC1CCC1. The molecule has 3 nitrogen and oxygen atoms in total. The van der Waals surface area contributed by atoms with Crippen LogP contribution in [-0.4, -0.2) is 29.6 Å². The third-order valence-electron chi connectivity index (χ3n) is 3.01. The summed E-state index contributed by atoms with van der Waals surface area (Å²) < 4.78 is 0. The lowest BCUT2D eigenvalue weighted by Crippen LogP contribution is -2.56. The van der Waals surface area contributed by atoms with E-state index in [4.69, 9.17) is 0 Å². The first kappa shape index (κ1) is 7.90. The Labute approximate surface area is 73.1 Å². The molecule has 68 valence electrons. The Morgan fingerprint density at radius 1 is 1.42 bits per heavy atom. The maximum Gasteiger partial charge on any atom is 0.317 e. The minimum atomic E-state index is 0.151. The van der Waals surface area contributed by atoms with Gasteiger partial charge < -0.3 is 10.2 Å². The first-order chi connectivity index (χ1) is 5.77. The molecule has 2 rings (SSSR count). The van der Waals surface area contributed by atoms with E-state index in [2.05, 4.69) is 12.2 Å². The van der Waals surface area contributed by atoms with Crippen molar-refractivity contribution >= 4 is 6.03 Å². The van der Waals surface area contributed by atoms with Crippen molar-refractivity contribution in [3.63, 3.8) is 0 Å². The number of nitrogens with one attached hydrogen (secondary N) is 1. The van der Waals surface area contributed by atoms with Crippen molar-refractivity contribution in [2.24, 2.45) is 0 Å². The van der Waals surface area contributed by atoms with Crippen LogP contribution in [-0.2, 0) is 0 Å². The molecule has 1 saturated heterocycles. The molecule has 1 N–H and O–H groups in total. The van der Waals surface area contributed by atoms with Gasteiger partial charge in [-0.3, -0.25) is 0 Å². The van der Waals surface area contributed by atoms with Gasteiger partial charge in [0.05, 0.1) is 0 Å². The van der Waals surface area contributed by atoms with Gasteiger partial charge in [0.25, 0.3) is 0 Å². The Balaban J connectivity index is 1.75. The van der Waals surface area contributed by atoms with Crippen LogP contribution in [0.25, 0.3) is 0 Å². The van der Waals surface area contributed by atoms with Gasteiger partial charge in [-0.15, -0.1) is 0 Å². The molecule has 0 spiro atoms. The number of urea groups is 1. The number of carbonyl (C=O) groups excluding carboxylic acids is 1. The molecule has 2 fully saturated rings. The van der Waals surface area contributed by atoms with Crippen molar-refractivity contribution in [2.45, 2.75) is 44.7 Å². The summed E-state index contributed by atoms with van der Waals surface area (Å²) in [6.07, 6.45) is 4.79. The summed E-state index contributed by atoms with van der Waals surface area (Å²) in [7, 11) is 0. The lowest BCUT2D eigenvalue weighted by molar-refractivity contribution is 0.118. The molecular weight excluding hydrogens is 152 g/mol. The first-order valence-corrected chi connectivity index (χ1v) is 4.84. The number of nitrogens with zero attached hydrogens (tertiary/aromatic N) is 1. The highest BCUT2D eigenvalue weighted by Crippen LogP contribution is 2.21. The van der Waals surface area contributed by atoms with Gasteiger partial charge in [0.1, 0.15) is 0 Å². The van der Waals surface area contributed by atoms with Crippen LogP contribution in [0.5, 0.6) is 0 Å². The highest BCUT2D eigenvalue weighted by molar-refractivity contribution is 5.75. The maximum atomic E-state index is 11.5. The van der Waals surface area contributed by atoms with Gasteiger partial charge in [-0.25, -0.2) is 4.79 Å². The number of likely N-dealkylation sites (tertiary alicyclic amines) is 1. The molecule has 1 atom stereocenters. The predicted molar refractivity (Wildman–Crippen MR) is 47.0 cm³/mol. The highest BCUT2D eigenvalue weighted by atomic mass is 16.2. The molecule has 1 aliphatic carbocycles. The molecule has 0 aromatic heterocycles. The van der Waals surface area contributed by atoms with E-state index in [9.17, 15) is 4.79 Å². The number of hydrogen-bond donors (Lipinski definition) is 1. The number of amides is 2. The zero-order valence-electron chi connectivity index (χ0n) is 7.55. The summed E-state index contributed by atoms with van der Waals surface area (Å²) >= 11 is 0. The number of rotatable bonds is 1. The average molecular weight is 168 g/mol. The fraction of sp³-hybridized carbons (Fsp3) is 0.889. The third kappa shape index (κ3) is 1.28. The Bertz CT molecular complexity index is 189. The molecule has 1 unspecified atom stereocenters. The van der Waals surface area contributed by atoms with E-state index in [1.54, 1.807) is 0 Å². The van der Waals surface area contributed by atoms with Crippen molar-refractivity contribution in [1.82, 2.24) is 10.2 Å². The fourth-order valence-electron chi connectivity index (χ4n) is 1.63. The van der Waals surface area contributed by atoms with Crippen molar-refractivity contribution in [3.05, 3.63) is 0 Å². The maximum absolute atomic E-state index is 11.5. The van der Waals surface area contributed by atoms with Crippen molar-refractivity contribution in [1.29, 1.82) is 0 Å². The minimum absolute atomic E-state index is 0.151. The van der Waals surface area contributed by atoms with Crippen molar-refractivity contribution in [2.75, 3.05) is 6.54 Å². The van der Waals surface area contributed by atoms with Crippen LogP contribution >= 0.6 is 0 Å². The second kappa shape index (κ2) is 2.96. The fourth-order valence-corrected chi connectivity index (χ4v) is 1.63. The summed E-state index contributed by atoms with van der Waals surface area (Å²) in [5.74, 6) is 0. The van der Waals surface area contributed by atoms with Crippen LogP contribution in [0.15, 0.2) is 0 Å². The van der Waals surface area contributed by atoms with Crippen LogP contribution in [0, 0.1) is 0 Å². The standard InChI is InChI=1S/C9H16N2O/c1-7-5-6-11(7)9(12)10-8-3-2-4-8/h7-8H,2-6H2,1H3,(H,10,12). The highest BCUT2D eigenvalue weighted by Gasteiger charge is 2.30. The molecule has 2 aliphatic rings. The van der Waals surface area contributed by atoms with Gasteiger partial charge in [-0.2, -0.15) is 0 Å². The molecule has 0 bridgehead atoms. The number of hydrogen-bond acceptors (Lipinski definition) is 1. The van der Waals surface area contributed by atoms with E-state index in [1.807, 2.05) is 4.90 Å². The first-order valence-electron chi connectivity index (χ1n) is 4.84. The van der Waals surface area contributed by atoms with E-state index >= 15 is 0 Å². The van der Waals surface area contributed by atoms with Crippen LogP contribution in [0.1, 0.15) is 32.6 Å². The topological polar surface area (TPSA) is 32.3 Å². The quantitative estimate of drug-likeness (QED) is 0.629. The molecule has 1 saturated carbocycles. The van der Waals surface area contributed by atoms with Gasteiger partial charge in [0.15, 0.2) is 0 Å². The molecule has 0 radical (unpaired) electrons. The van der Waals surface area contributed by atoms with E-state index in [-0.39, 0.29) is 6.03 Å². The van der Waals surface area contributed by atoms with E-state index in [0.29, 0.717) is 12.1 Å². The zero-order valence-corrected chi connectivity index (χ0v) is 7.55. The van der Waals surface area contributed by atoms with Gasteiger partial charge in [0.2, 0.25) is 0 Å². The molecule has 12 heavy (non-hydrogen) atoms. The largest absolute Gasteiger partial charge is 0.335 e. The Morgan fingerprint density at radius 3 is 2.50 bits per heavy atom. The predicted octanol–water partition coefficient (Wildman–Crippen LogP) is 1.34. The minimum Gasteiger partial charge on any atom is -0.335 e. The molecular formula is C9H16N2O. The Kier molecular flexibility index (Phi) is 1.95. The van der Waals surface area contributed by atoms with E-state index < -0.39 is 0 Å². The third-order valence-corrected chi connectivity index (χ3v) is 3.01. The van der Waals surface area contributed by atoms with E-state index in [0.717, 1.165) is 13.0 Å². The zero-order chi connectivity index (χ0) is 8.55. The van der Waals surface area contributed by atoms with Crippen LogP contribution < -0.4 is 5.32 Å². The molecule has 1 aliphatic heterocycles. The van der Waals surface area contributed by atoms with Crippen molar-refractivity contribution < 1.29 is 4.79 Å². The summed E-state index contributed by atoms with van der Waals surface area (Å²) in [6, 6.07) is 1.09. The summed E-state index contributed by atoms with van der Waals surface area (Å²) in [6.45, 7) is 3.05. The normalized spacial score (nSPS) is 29.1. The Morgan fingerprint density at radius 2 is 2.17 bits per heavy atom. The average Bonchev–Trinajstić information content (AvgIpc) is 1.94. The lowest BCUT2D eigenvalue weighted by atomic mass is 9.93. The van der Waals surface area contributed by atoms with Crippen LogP contribution in [0.4, 0.5) is 4.79 Å². The second-order valence-corrected chi connectivity index (χ2v) is 3.91. The van der Waals surface area contributed by atoms with Crippen LogP contribution in [0.2, 0.25) is 0 Å². The van der Waals surface area contributed by atoms with Gasteiger partial charge >= 0.3 is 6.03 Å². The molecule has 1 heterocycles. The van der Waals surface area contributed by atoms with Gasteiger partial charge in [-0.1, -0.05) is 0 Å². The molecule has 0 aromatic rings. The van der Waals surface area contributed by atoms with E-state index in [1.165, 1.54) is 19.3 Å². The van der Waals surface area contributed by atoms with Crippen LogP contribution in [0.3, 0.4) is 0 Å². The summed E-state index contributed by atoms with van der Waals surface area (Å²) in [4.78, 5) is 13.4. The smallest absolute Gasteiger partial charge is 0.317 e. The second-order valence-electron chi connectivity index (χ2n) is 3.91. The molecule has 0 aromatic carbocycles. The summed E-state index contributed by atoms with van der Waals surface area (Å²) in [5, 5.41) is 3.04. The molecule has 3 heteroatoms. The Hall–Kier alpha value is -0.730.